The fourth-order valence-corrected chi connectivity index (χ4v) is 5.85. The maximum Gasteiger partial charge on any atom is 0.159 e. The zero-order chi connectivity index (χ0) is 20.1. The lowest BCUT2D eigenvalue weighted by Gasteiger charge is -2.38. The maximum atomic E-state index is 13.5. The van der Waals surface area contributed by atoms with Gasteiger partial charge in [-0.25, -0.2) is 8.78 Å². The molecule has 0 heterocycles. The SMILES string of the molecule is Fc1ccc(-c2ccc(CCC(C3CCCCC3)C3CCCCC3)cc2)cc1F. The first-order chi connectivity index (χ1) is 14.2. The standard InChI is InChI=1S/C27H34F2/c28-26-18-16-24(19-27(26)29)21-14-11-20(12-15-21)13-17-25(22-7-3-1-4-8-22)23-9-5-2-6-10-23/h11-12,14-16,18-19,22-23,25H,1-10,13,17H2. The number of rotatable bonds is 6. The van der Waals surface area contributed by atoms with Gasteiger partial charge in [0.15, 0.2) is 11.6 Å². The second kappa shape index (κ2) is 9.87. The van der Waals surface area contributed by atoms with Gasteiger partial charge >= 0.3 is 0 Å². The zero-order valence-corrected chi connectivity index (χ0v) is 17.5. The summed E-state index contributed by atoms with van der Waals surface area (Å²) in [5.74, 6) is 1.19. The Morgan fingerprint density at radius 1 is 0.655 bits per heavy atom. The van der Waals surface area contributed by atoms with E-state index in [0.717, 1.165) is 35.3 Å². The van der Waals surface area contributed by atoms with Crippen LogP contribution in [0.15, 0.2) is 42.5 Å². The lowest BCUT2D eigenvalue weighted by atomic mass is 9.68. The number of halogens is 2. The summed E-state index contributed by atoms with van der Waals surface area (Å²) in [6, 6.07) is 12.6. The van der Waals surface area contributed by atoms with Gasteiger partial charge in [-0.1, -0.05) is 94.5 Å². The van der Waals surface area contributed by atoms with Crippen molar-refractivity contribution in [3.8, 4) is 11.1 Å². The van der Waals surface area contributed by atoms with E-state index in [1.165, 1.54) is 88.3 Å². The Morgan fingerprint density at radius 3 is 1.76 bits per heavy atom. The molecule has 0 radical (unpaired) electrons. The third-order valence-corrected chi connectivity index (χ3v) is 7.48. The summed E-state index contributed by atoms with van der Waals surface area (Å²) < 4.78 is 26.7. The minimum Gasteiger partial charge on any atom is -0.204 e. The van der Waals surface area contributed by atoms with Crippen molar-refractivity contribution < 1.29 is 8.78 Å². The van der Waals surface area contributed by atoms with E-state index >= 15 is 0 Å². The van der Waals surface area contributed by atoms with Gasteiger partial charge in [0.2, 0.25) is 0 Å². The number of hydrogen-bond acceptors (Lipinski definition) is 0. The molecule has 0 aliphatic heterocycles. The van der Waals surface area contributed by atoms with Crippen molar-refractivity contribution in [1.82, 2.24) is 0 Å². The van der Waals surface area contributed by atoms with Gasteiger partial charge in [0.25, 0.3) is 0 Å². The zero-order valence-electron chi connectivity index (χ0n) is 17.5. The molecule has 0 bridgehead atoms. The monoisotopic (exact) mass is 396 g/mol. The van der Waals surface area contributed by atoms with Crippen molar-refractivity contribution in [2.24, 2.45) is 17.8 Å². The Labute approximate surface area is 174 Å². The van der Waals surface area contributed by atoms with Crippen LogP contribution in [0.5, 0.6) is 0 Å². The molecule has 2 aliphatic rings. The summed E-state index contributed by atoms with van der Waals surface area (Å²) in [5, 5.41) is 0. The predicted molar refractivity (Wildman–Crippen MR) is 117 cm³/mol. The average molecular weight is 397 g/mol. The Bertz CT molecular complexity index is 750. The maximum absolute atomic E-state index is 13.5. The highest BCUT2D eigenvalue weighted by Crippen LogP contribution is 2.42. The molecule has 0 spiro atoms. The minimum absolute atomic E-state index is 0.734. The van der Waals surface area contributed by atoms with Crippen molar-refractivity contribution in [3.05, 3.63) is 59.7 Å². The fraction of sp³-hybridized carbons (Fsp3) is 0.556. The van der Waals surface area contributed by atoms with Crippen LogP contribution in [0.2, 0.25) is 0 Å². The second-order valence-electron chi connectivity index (χ2n) is 9.32. The molecule has 2 saturated carbocycles. The van der Waals surface area contributed by atoms with Crippen LogP contribution in [0, 0.1) is 29.4 Å². The minimum atomic E-state index is -0.790. The number of hydrogen-bond donors (Lipinski definition) is 0. The van der Waals surface area contributed by atoms with Crippen LogP contribution in [0.1, 0.15) is 76.2 Å². The van der Waals surface area contributed by atoms with E-state index in [4.69, 9.17) is 0 Å². The molecule has 2 aromatic carbocycles. The van der Waals surface area contributed by atoms with Gasteiger partial charge in [0.1, 0.15) is 0 Å². The fourth-order valence-electron chi connectivity index (χ4n) is 5.85. The summed E-state index contributed by atoms with van der Waals surface area (Å²) in [6.07, 6.45) is 16.8. The van der Waals surface area contributed by atoms with E-state index in [1.54, 1.807) is 6.07 Å². The van der Waals surface area contributed by atoms with E-state index in [-0.39, 0.29) is 0 Å². The molecule has 0 N–H and O–H groups in total. The largest absolute Gasteiger partial charge is 0.204 e. The Hall–Kier alpha value is -1.70. The molecule has 2 fully saturated rings. The topological polar surface area (TPSA) is 0 Å². The first-order valence-corrected chi connectivity index (χ1v) is 11.7. The highest BCUT2D eigenvalue weighted by atomic mass is 19.2. The summed E-state index contributed by atoms with van der Waals surface area (Å²) in [5.41, 5.74) is 3.05. The first-order valence-electron chi connectivity index (χ1n) is 11.7. The third kappa shape index (κ3) is 5.27. The molecule has 0 atom stereocenters. The van der Waals surface area contributed by atoms with Crippen LogP contribution in [0.25, 0.3) is 11.1 Å². The Morgan fingerprint density at radius 2 is 1.21 bits per heavy atom. The molecule has 0 nitrogen and oxygen atoms in total. The van der Waals surface area contributed by atoms with Crippen LogP contribution in [0.3, 0.4) is 0 Å². The Balaban J connectivity index is 1.41. The van der Waals surface area contributed by atoms with Gasteiger partial charge in [-0.15, -0.1) is 0 Å². The van der Waals surface area contributed by atoms with Crippen LogP contribution < -0.4 is 0 Å². The number of benzene rings is 2. The average Bonchev–Trinajstić information content (AvgIpc) is 2.78. The quantitative estimate of drug-likeness (QED) is 0.460. The van der Waals surface area contributed by atoms with Gasteiger partial charge in [-0.05, 0) is 59.4 Å². The Kier molecular flexibility index (Phi) is 7.00. The third-order valence-electron chi connectivity index (χ3n) is 7.48. The number of aryl methyl sites for hydroxylation is 1. The predicted octanol–water partition coefficient (Wildman–Crippen LogP) is 8.34. The highest BCUT2D eigenvalue weighted by Gasteiger charge is 2.31. The van der Waals surface area contributed by atoms with Crippen molar-refractivity contribution in [3.63, 3.8) is 0 Å². The van der Waals surface area contributed by atoms with Gasteiger partial charge < -0.3 is 0 Å². The van der Waals surface area contributed by atoms with Crippen LogP contribution >= 0.6 is 0 Å². The van der Waals surface area contributed by atoms with E-state index in [0.29, 0.717) is 0 Å². The molecule has 29 heavy (non-hydrogen) atoms. The summed E-state index contributed by atoms with van der Waals surface area (Å²) in [4.78, 5) is 0. The molecule has 0 aromatic heterocycles. The lowest BCUT2D eigenvalue weighted by molar-refractivity contribution is 0.135. The molecule has 4 rings (SSSR count). The van der Waals surface area contributed by atoms with E-state index < -0.39 is 11.6 Å². The van der Waals surface area contributed by atoms with Gasteiger partial charge in [0.05, 0.1) is 0 Å². The van der Waals surface area contributed by atoms with Crippen LogP contribution in [-0.2, 0) is 6.42 Å². The molecule has 0 amide bonds. The smallest absolute Gasteiger partial charge is 0.159 e. The second-order valence-corrected chi connectivity index (χ2v) is 9.32. The molecule has 0 unspecified atom stereocenters. The molecular formula is C27H34F2. The summed E-state index contributed by atoms with van der Waals surface area (Å²) in [6.45, 7) is 0. The van der Waals surface area contributed by atoms with E-state index in [1.807, 2.05) is 0 Å². The van der Waals surface area contributed by atoms with Gasteiger partial charge in [-0.3, -0.25) is 0 Å². The van der Waals surface area contributed by atoms with Gasteiger partial charge in [-0.2, -0.15) is 0 Å². The molecular weight excluding hydrogens is 362 g/mol. The van der Waals surface area contributed by atoms with E-state index in [2.05, 4.69) is 24.3 Å². The van der Waals surface area contributed by atoms with Gasteiger partial charge in [0, 0.05) is 0 Å². The lowest BCUT2D eigenvalue weighted by Crippen LogP contribution is -2.27. The molecule has 2 heteroatoms. The highest BCUT2D eigenvalue weighted by molar-refractivity contribution is 5.63. The molecule has 2 aliphatic carbocycles. The van der Waals surface area contributed by atoms with Crippen LogP contribution in [0.4, 0.5) is 8.78 Å². The molecule has 0 saturated heterocycles. The summed E-state index contributed by atoms with van der Waals surface area (Å²) >= 11 is 0. The normalized spacial score (nSPS) is 19.0. The van der Waals surface area contributed by atoms with Crippen molar-refractivity contribution >= 4 is 0 Å². The van der Waals surface area contributed by atoms with Crippen LogP contribution in [-0.4, -0.2) is 0 Å². The summed E-state index contributed by atoms with van der Waals surface area (Å²) in [7, 11) is 0. The molecule has 2 aromatic rings. The first kappa shape index (κ1) is 20.6. The van der Waals surface area contributed by atoms with E-state index in [9.17, 15) is 8.78 Å². The van der Waals surface area contributed by atoms with Crippen molar-refractivity contribution in [2.45, 2.75) is 77.0 Å². The van der Waals surface area contributed by atoms with Crippen molar-refractivity contribution in [2.75, 3.05) is 0 Å². The molecule has 156 valence electrons. The van der Waals surface area contributed by atoms with Crippen molar-refractivity contribution in [1.29, 1.82) is 0 Å².